The zero-order valence-electron chi connectivity index (χ0n) is 15.2. The van der Waals surface area contributed by atoms with Crippen LogP contribution in [0.3, 0.4) is 0 Å². The van der Waals surface area contributed by atoms with Gasteiger partial charge in [-0.1, -0.05) is 36.8 Å². The smallest absolute Gasteiger partial charge is 0.224 e. The monoisotopic (exact) mass is 340 g/mol. The van der Waals surface area contributed by atoms with Crippen molar-refractivity contribution in [2.75, 3.05) is 26.0 Å². The maximum Gasteiger partial charge on any atom is 0.224 e. The summed E-state index contributed by atoms with van der Waals surface area (Å²) in [4.78, 5) is 14.2. The van der Waals surface area contributed by atoms with Crippen LogP contribution in [0.25, 0.3) is 0 Å². The van der Waals surface area contributed by atoms with Crippen molar-refractivity contribution in [3.05, 3.63) is 60.2 Å². The van der Waals surface area contributed by atoms with Crippen molar-refractivity contribution in [2.45, 2.75) is 32.2 Å². The second-order valence-corrected chi connectivity index (χ2v) is 6.31. The number of carbonyl (C=O) groups is 1. The molecule has 2 rings (SSSR count). The van der Waals surface area contributed by atoms with Gasteiger partial charge < -0.3 is 15.0 Å². The largest absolute Gasteiger partial charge is 0.497 e. The van der Waals surface area contributed by atoms with E-state index < -0.39 is 0 Å². The van der Waals surface area contributed by atoms with Crippen LogP contribution in [0, 0.1) is 0 Å². The van der Waals surface area contributed by atoms with Crippen LogP contribution in [0.2, 0.25) is 0 Å². The number of hydrogen-bond donors (Lipinski definition) is 1. The zero-order valence-corrected chi connectivity index (χ0v) is 15.2. The maximum atomic E-state index is 11.9. The number of nitrogens with one attached hydrogen (secondary N) is 1. The van der Waals surface area contributed by atoms with Gasteiger partial charge in [-0.25, -0.2) is 0 Å². The Kier molecular flexibility index (Phi) is 7.99. The van der Waals surface area contributed by atoms with Gasteiger partial charge in [0.15, 0.2) is 0 Å². The molecule has 25 heavy (non-hydrogen) atoms. The van der Waals surface area contributed by atoms with Gasteiger partial charge >= 0.3 is 0 Å². The lowest BCUT2D eigenvalue weighted by molar-refractivity contribution is -0.116. The van der Waals surface area contributed by atoms with Crippen LogP contribution >= 0.6 is 0 Å². The van der Waals surface area contributed by atoms with E-state index in [-0.39, 0.29) is 5.91 Å². The van der Waals surface area contributed by atoms with E-state index in [1.807, 2.05) is 42.5 Å². The first-order valence-corrected chi connectivity index (χ1v) is 8.84. The Bertz CT molecular complexity index is 626. The van der Waals surface area contributed by atoms with E-state index in [0.29, 0.717) is 6.42 Å². The van der Waals surface area contributed by atoms with Gasteiger partial charge in [0.05, 0.1) is 7.11 Å². The molecule has 0 atom stereocenters. The Morgan fingerprint density at radius 2 is 1.72 bits per heavy atom. The van der Waals surface area contributed by atoms with E-state index in [1.54, 1.807) is 7.11 Å². The van der Waals surface area contributed by atoms with E-state index in [9.17, 15) is 4.79 Å². The summed E-state index contributed by atoms with van der Waals surface area (Å²) < 4.78 is 5.18. The topological polar surface area (TPSA) is 41.6 Å². The van der Waals surface area contributed by atoms with Crippen LogP contribution in [0.1, 0.15) is 31.2 Å². The minimum Gasteiger partial charge on any atom is -0.497 e. The summed E-state index contributed by atoms with van der Waals surface area (Å²) in [6, 6.07) is 17.8. The second-order valence-electron chi connectivity index (χ2n) is 6.31. The summed E-state index contributed by atoms with van der Waals surface area (Å²) >= 11 is 0. The van der Waals surface area contributed by atoms with E-state index >= 15 is 0 Å². The van der Waals surface area contributed by atoms with Crippen molar-refractivity contribution >= 4 is 11.6 Å². The Morgan fingerprint density at radius 1 is 1.00 bits per heavy atom. The van der Waals surface area contributed by atoms with E-state index in [0.717, 1.165) is 43.8 Å². The summed E-state index contributed by atoms with van der Waals surface area (Å²) in [7, 11) is 3.81. The summed E-state index contributed by atoms with van der Waals surface area (Å²) in [6.07, 6.45) is 3.67. The Hall–Kier alpha value is -2.33. The molecule has 0 bridgehead atoms. The number of benzene rings is 2. The highest BCUT2D eigenvalue weighted by molar-refractivity contribution is 5.90. The number of para-hydroxylation sites is 1. The summed E-state index contributed by atoms with van der Waals surface area (Å²) in [6.45, 7) is 1.96. The van der Waals surface area contributed by atoms with Crippen LogP contribution in [-0.4, -0.2) is 31.5 Å². The quantitative estimate of drug-likeness (QED) is 0.655. The third-order valence-corrected chi connectivity index (χ3v) is 4.11. The molecular formula is C21H28N2O2. The number of carbonyl (C=O) groups excluding carboxylic acids is 1. The van der Waals surface area contributed by atoms with Gasteiger partial charge in [0, 0.05) is 18.7 Å². The summed E-state index contributed by atoms with van der Waals surface area (Å²) in [5.41, 5.74) is 2.15. The van der Waals surface area contributed by atoms with E-state index in [1.165, 1.54) is 5.56 Å². The lowest BCUT2D eigenvalue weighted by Gasteiger charge is -2.16. The van der Waals surface area contributed by atoms with Crippen molar-refractivity contribution < 1.29 is 9.53 Å². The second kappa shape index (κ2) is 10.5. The molecule has 0 heterocycles. The minimum absolute atomic E-state index is 0.0952. The third kappa shape index (κ3) is 7.40. The highest BCUT2D eigenvalue weighted by Crippen LogP contribution is 2.13. The Balaban J connectivity index is 1.56. The number of methoxy groups -OCH3 is 1. The number of unbranched alkanes of at least 4 members (excludes halogenated alkanes) is 2. The first-order valence-electron chi connectivity index (χ1n) is 8.84. The van der Waals surface area contributed by atoms with Crippen LogP contribution in [0.4, 0.5) is 5.69 Å². The van der Waals surface area contributed by atoms with Crippen molar-refractivity contribution in [3.8, 4) is 5.75 Å². The summed E-state index contributed by atoms with van der Waals surface area (Å²) in [5, 5.41) is 2.92. The number of ether oxygens (including phenoxy) is 1. The molecule has 0 saturated carbocycles. The predicted molar refractivity (Wildman–Crippen MR) is 103 cm³/mol. The molecule has 0 unspecified atom stereocenters. The standard InChI is InChI=1S/C21H28N2O2/c1-23(17-18-12-14-20(25-2)15-13-18)16-8-4-7-11-21(24)22-19-9-5-3-6-10-19/h3,5-6,9-10,12-15H,4,7-8,11,16-17H2,1-2H3,(H,22,24). The average molecular weight is 340 g/mol. The van der Waals surface area contributed by atoms with Crippen LogP contribution in [0.15, 0.2) is 54.6 Å². The first-order chi connectivity index (χ1) is 12.2. The molecule has 0 radical (unpaired) electrons. The molecule has 0 aliphatic carbocycles. The molecule has 0 fully saturated rings. The molecule has 2 aromatic rings. The molecule has 1 amide bonds. The maximum absolute atomic E-state index is 11.9. The molecule has 0 aromatic heterocycles. The molecule has 4 nitrogen and oxygen atoms in total. The molecule has 2 aromatic carbocycles. The van der Waals surface area contributed by atoms with Crippen molar-refractivity contribution in [2.24, 2.45) is 0 Å². The highest BCUT2D eigenvalue weighted by atomic mass is 16.5. The number of nitrogens with zero attached hydrogens (tertiary/aromatic N) is 1. The lowest BCUT2D eigenvalue weighted by Crippen LogP contribution is -2.19. The molecule has 0 spiro atoms. The van der Waals surface area contributed by atoms with Gasteiger partial charge in [-0.15, -0.1) is 0 Å². The van der Waals surface area contributed by atoms with Crippen LogP contribution in [0.5, 0.6) is 5.75 Å². The molecule has 4 heteroatoms. The SMILES string of the molecule is COc1ccc(CN(C)CCCCCC(=O)Nc2ccccc2)cc1. The van der Waals surface area contributed by atoms with Crippen molar-refractivity contribution in [1.29, 1.82) is 0 Å². The van der Waals surface area contributed by atoms with Crippen molar-refractivity contribution in [1.82, 2.24) is 4.90 Å². The molecule has 0 aliphatic heterocycles. The summed E-state index contributed by atoms with van der Waals surface area (Å²) in [5.74, 6) is 0.984. The fourth-order valence-corrected chi connectivity index (χ4v) is 2.71. The number of amides is 1. The zero-order chi connectivity index (χ0) is 17.9. The third-order valence-electron chi connectivity index (χ3n) is 4.11. The molecule has 0 saturated heterocycles. The van der Waals surface area contributed by atoms with Gasteiger partial charge in [-0.3, -0.25) is 4.79 Å². The van der Waals surface area contributed by atoms with E-state index in [4.69, 9.17) is 4.74 Å². The molecule has 134 valence electrons. The first kappa shape index (κ1) is 19.0. The Labute approximate surface area is 150 Å². The van der Waals surface area contributed by atoms with Gasteiger partial charge in [-0.05, 0) is 56.3 Å². The van der Waals surface area contributed by atoms with Crippen LogP contribution in [-0.2, 0) is 11.3 Å². The highest BCUT2D eigenvalue weighted by Gasteiger charge is 2.04. The lowest BCUT2D eigenvalue weighted by atomic mass is 10.1. The van der Waals surface area contributed by atoms with Gasteiger partial charge in [-0.2, -0.15) is 0 Å². The molecule has 1 N–H and O–H groups in total. The fraction of sp³-hybridized carbons (Fsp3) is 0.381. The van der Waals surface area contributed by atoms with Crippen molar-refractivity contribution in [3.63, 3.8) is 0 Å². The van der Waals surface area contributed by atoms with Gasteiger partial charge in [0.2, 0.25) is 5.91 Å². The number of rotatable bonds is 10. The normalized spacial score (nSPS) is 10.7. The van der Waals surface area contributed by atoms with Gasteiger partial charge in [0.25, 0.3) is 0 Å². The number of hydrogen-bond acceptors (Lipinski definition) is 3. The molecular weight excluding hydrogens is 312 g/mol. The van der Waals surface area contributed by atoms with Gasteiger partial charge in [0.1, 0.15) is 5.75 Å². The fourth-order valence-electron chi connectivity index (χ4n) is 2.71. The average Bonchev–Trinajstić information content (AvgIpc) is 2.63. The van der Waals surface area contributed by atoms with E-state index in [2.05, 4.69) is 29.4 Å². The Morgan fingerprint density at radius 3 is 2.40 bits per heavy atom. The number of anilines is 1. The predicted octanol–water partition coefficient (Wildman–Crippen LogP) is 4.33. The van der Waals surface area contributed by atoms with Crippen LogP contribution < -0.4 is 10.1 Å². The minimum atomic E-state index is 0.0952. The molecule has 0 aliphatic rings.